The highest BCUT2D eigenvalue weighted by Gasteiger charge is 2.17. The second-order valence-corrected chi connectivity index (χ2v) is 5.63. The molecule has 3 rings (SSSR count). The Bertz CT molecular complexity index is 629. The highest BCUT2D eigenvalue weighted by atomic mass is 14.9. The zero-order valence-electron chi connectivity index (χ0n) is 12.1. The van der Waals surface area contributed by atoms with E-state index in [0.29, 0.717) is 0 Å². The third-order valence-electron chi connectivity index (χ3n) is 4.46. The summed E-state index contributed by atoms with van der Waals surface area (Å²) in [6.45, 7) is 4.36. The smallest absolute Gasteiger partial charge is 0.0758 e. The van der Waals surface area contributed by atoms with Crippen molar-refractivity contribution in [3.8, 4) is 0 Å². The summed E-state index contributed by atoms with van der Waals surface area (Å²) in [6.07, 6.45) is 6.20. The fourth-order valence-electron chi connectivity index (χ4n) is 3.19. The summed E-state index contributed by atoms with van der Waals surface area (Å²) in [5.41, 5.74) is 7.92. The van der Waals surface area contributed by atoms with E-state index >= 15 is 0 Å². The average molecular weight is 254 g/mol. The fraction of sp³-hybridized carbons (Fsp3) is 0.471. The van der Waals surface area contributed by atoms with Crippen molar-refractivity contribution in [2.45, 2.75) is 46.0 Å². The van der Waals surface area contributed by atoms with E-state index in [1.165, 1.54) is 64.7 Å². The molecule has 2 heteroatoms. The Labute approximate surface area is 115 Å². The Kier molecular flexibility index (Phi) is 3.17. The standard InChI is InChI=1S/C17H22N2/c1-11-9-10-14-16(12(11)2)19-15-8-6-4-5-7-13(15)17(14)18-3/h9-10H,4-8H2,1-3H3,(H,18,19). The van der Waals surface area contributed by atoms with Gasteiger partial charge in [-0.05, 0) is 56.2 Å². The molecule has 0 bridgehead atoms. The number of aryl methyl sites for hydroxylation is 3. The molecule has 1 aliphatic rings. The zero-order valence-corrected chi connectivity index (χ0v) is 12.1. The van der Waals surface area contributed by atoms with Crippen molar-refractivity contribution in [1.29, 1.82) is 0 Å². The molecule has 0 aliphatic heterocycles. The van der Waals surface area contributed by atoms with Crippen LogP contribution < -0.4 is 5.32 Å². The van der Waals surface area contributed by atoms with Crippen molar-refractivity contribution in [2.75, 3.05) is 12.4 Å². The highest BCUT2D eigenvalue weighted by molar-refractivity contribution is 5.95. The number of hydrogen-bond acceptors (Lipinski definition) is 2. The van der Waals surface area contributed by atoms with Crippen LogP contribution in [0.5, 0.6) is 0 Å². The predicted molar refractivity (Wildman–Crippen MR) is 82.0 cm³/mol. The number of rotatable bonds is 1. The van der Waals surface area contributed by atoms with Gasteiger partial charge in [-0.15, -0.1) is 0 Å². The van der Waals surface area contributed by atoms with Gasteiger partial charge in [0.2, 0.25) is 0 Å². The van der Waals surface area contributed by atoms with Gasteiger partial charge < -0.3 is 5.32 Å². The number of benzene rings is 1. The predicted octanol–water partition coefficient (Wildman–Crippen LogP) is 4.16. The van der Waals surface area contributed by atoms with E-state index in [4.69, 9.17) is 4.98 Å². The summed E-state index contributed by atoms with van der Waals surface area (Å²) in [5.74, 6) is 0. The largest absolute Gasteiger partial charge is 0.387 e. The monoisotopic (exact) mass is 254 g/mol. The van der Waals surface area contributed by atoms with Gasteiger partial charge in [0, 0.05) is 23.8 Å². The maximum absolute atomic E-state index is 5.00. The Morgan fingerprint density at radius 3 is 2.63 bits per heavy atom. The molecule has 0 unspecified atom stereocenters. The minimum absolute atomic E-state index is 1.13. The first-order valence-electron chi connectivity index (χ1n) is 7.32. The van der Waals surface area contributed by atoms with Gasteiger partial charge in [0.25, 0.3) is 0 Å². The van der Waals surface area contributed by atoms with Crippen molar-refractivity contribution in [3.05, 3.63) is 34.5 Å². The first-order chi connectivity index (χ1) is 9.22. The van der Waals surface area contributed by atoms with Crippen LogP contribution in [0, 0.1) is 13.8 Å². The molecular formula is C17H22N2. The quantitative estimate of drug-likeness (QED) is 0.773. The lowest BCUT2D eigenvalue weighted by Crippen LogP contribution is -2.04. The fourth-order valence-corrected chi connectivity index (χ4v) is 3.19. The molecule has 0 saturated heterocycles. The van der Waals surface area contributed by atoms with Gasteiger partial charge >= 0.3 is 0 Å². The number of aromatic nitrogens is 1. The SMILES string of the molecule is CNc1c2c(nc3c(C)c(C)ccc13)CCCCC2. The summed E-state index contributed by atoms with van der Waals surface area (Å²) in [7, 11) is 2.04. The van der Waals surface area contributed by atoms with E-state index in [0.717, 1.165) is 6.42 Å². The first-order valence-corrected chi connectivity index (χ1v) is 7.32. The number of fused-ring (bicyclic) bond motifs is 2. The third kappa shape index (κ3) is 1.99. The molecule has 2 nitrogen and oxygen atoms in total. The topological polar surface area (TPSA) is 24.9 Å². The average Bonchev–Trinajstić information content (AvgIpc) is 2.66. The van der Waals surface area contributed by atoms with Crippen LogP contribution in [0.4, 0.5) is 5.69 Å². The van der Waals surface area contributed by atoms with Crippen LogP contribution in [0.15, 0.2) is 12.1 Å². The molecule has 1 heterocycles. The van der Waals surface area contributed by atoms with Crippen LogP contribution in [0.25, 0.3) is 10.9 Å². The van der Waals surface area contributed by atoms with E-state index in [2.05, 4.69) is 31.3 Å². The van der Waals surface area contributed by atoms with Gasteiger partial charge in [0.15, 0.2) is 0 Å². The summed E-state index contributed by atoms with van der Waals surface area (Å²) >= 11 is 0. The maximum atomic E-state index is 5.00. The lowest BCUT2D eigenvalue weighted by molar-refractivity contribution is 0.709. The summed E-state index contributed by atoms with van der Waals surface area (Å²) in [4.78, 5) is 5.00. The van der Waals surface area contributed by atoms with Crippen molar-refractivity contribution in [1.82, 2.24) is 4.98 Å². The molecule has 100 valence electrons. The molecule has 1 aromatic carbocycles. The van der Waals surface area contributed by atoms with Gasteiger partial charge in [0.1, 0.15) is 0 Å². The molecule has 0 fully saturated rings. The Balaban J connectivity index is 2.36. The molecule has 0 spiro atoms. The summed E-state index contributed by atoms with van der Waals surface area (Å²) in [6, 6.07) is 4.44. The molecule has 1 N–H and O–H groups in total. The van der Waals surface area contributed by atoms with Gasteiger partial charge in [-0.25, -0.2) is 0 Å². The second-order valence-electron chi connectivity index (χ2n) is 5.63. The lowest BCUT2D eigenvalue weighted by atomic mass is 9.98. The molecule has 1 aliphatic carbocycles. The Hall–Kier alpha value is -1.57. The number of nitrogens with zero attached hydrogens (tertiary/aromatic N) is 1. The van der Waals surface area contributed by atoms with Crippen LogP contribution in [0.2, 0.25) is 0 Å². The minimum atomic E-state index is 1.13. The molecule has 0 atom stereocenters. The first kappa shape index (κ1) is 12.5. The van der Waals surface area contributed by atoms with Crippen molar-refractivity contribution in [2.24, 2.45) is 0 Å². The number of pyridine rings is 1. The molecule has 0 saturated carbocycles. The van der Waals surface area contributed by atoms with Crippen LogP contribution in [0.3, 0.4) is 0 Å². The maximum Gasteiger partial charge on any atom is 0.0758 e. The minimum Gasteiger partial charge on any atom is -0.387 e. The normalized spacial score (nSPS) is 15.1. The molecule has 1 aromatic heterocycles. The van der Waals surface area contributed by atoms with Crippen molar-refractivity contribution in [3.63, 3.8) is 0 Å². The Morgan fingerprint density at radius 1 is 1.05 bits per heavy atom. The van der Waals surface area contributed by atoms with E-state index < -0.39 is 0 Å². The van der Waals surface area contributed by atoms with E-state index in [-0.39, 0.29) is 0 Å². The van der Waals surface area contributed by atoms with E-state index in [1.54, 1.807) is 0 Å². The number of nitrogens with one attached hydrogen (secondary N) is 1. The molecule has 19 heavy (non-hydrogen) atoms. The second kappa shape index (κ2) is 4.84. The molecule has 0 radical (unpaired) electrons. The molecule has 2 aromatic rings. The third-order valence-corrected chi connectivity index (χ3v) is 4.46. The van der Waals surface area contributed by atoms with Gasteiger partial charge in [-0.1, -0.05) is 18.6 Å². The summed E-state index contributed by atoms with van der Waals surface area (Å²) < 4.78 is 0. The number of anilines is 1. The van der Waals surface area contributed by atoms with Gasteiger partial charge in [-0.3, -0.25) is 4.98 Å². The van der Waals surface area contributed by atoms with E-state index in [9.17, 15) is 0 Å². The van der Waals surface area contributed by atoms with Crippen molar-refractivity contribution >= 4 is 16.6 Å². The van der Waals surface area contributed by atoms with Crippen LogP contribution in [-0.2, 0) is 12.8 Å². The lowest BCUT2D eigenvalue weighted by Gasteiger charge is -2.17. The van der Waals surface area contributed by atoms with Crippen LogP contribution in [0.1, 0.15) is 41.6 Å². The molecular weight excluding hydrogens is 232 g/mol. The summed E-state index contributed by atoms with van der Waals surface area (Å²) in [5, 5.41) is 4.72. The zero-order chi connectivity index (χ0) is 13.4. The number of hydrogen-bond donors (Lipinski definition) is 1. The van der Waals surface area contributed by atoms with Gasteiger partial charge in [-0.2, -0.15) is 0 Å². The highest BCUT2D eigenvalue weighted by Crippen LogP contribution is 2.34. The van der Waals surface area contributed by atoms with Crippen LogP contribution in [-0.4, -0.2) is 12.0 Å². The van der Waals surface area contributed by atoms with Gasteiger partial charge in [0.05, 0.1) is 5.52 Å². The molecule has 0 amide bonds. The van der Waals surface area contributed by atoms with Crippen molar-refractivity contribution < 1.29 is 0 Å². The van der Waals surface area contributed by atoms with E-state index in [1.807, 2.05) is 7.05 Å². The Morgan fingerprint density at radius 2 is 1.84 bits per heavy atom. The van der Waals surface area contributed by atoms with Crippen LogP contribution >= 0.6 is 0 Å².